The fourth-order valence-corrected chi connectivity index (χ4v) is 4.00. The van der Waals surface area contributed by atoms with Gasteiger partial charge in [0, 0.05) is 18.2 Å². The van der Waals surface area contributed by atoms with Gasteiger partial charge in [0.1, 0.15) is 5.69 Å². The second kappa shape index (κ2) is 7.92. The van der Waals surface area contributed by atoms with Crippen molar-refractivity contribution < 1.29 is 14.3 Å². The van der Waals surface area contributed by atoms with E-state index in [1.165, 1.54) is 0 Å². The lowest BCUT2D eigenvalue weighted by Crippen LogP contribution is -2.13. The maximum atomic E-state index is 12.3. The van der Waals surface area contributed by atoms with Crippen molar-refractivity contribution in [2.75, 3.05) is 5.73 Å². The van der Waals surface area contributed by atoms with E-state index in [0.29, 0.717) is 28.7 Å². The predicted molar refractivity (Wildman–Crippen MR) is 120 cm³/mol. The Hall–Kier alpha value is -3.59. The summed E-state index contributed by atoms with van der Waals surface area (Å²) >= 11 is 0. The Balaban J connectivity index is 0.00000289. The molecule has 9 heteroatoms. The molecule has 2 aromatic heterocycles. The van der Waals surface area contributed by atoms with Crippen LogP contribution >= 0.6 is 0 Å². The number of sulfone groups is 1. The molecule has 2 heterocycles. The van der Waals surface area contributed by atoms with Gasteiger partial charge in [-0.05, 0) is 57.2 Å². The summed E-state index contributed by atoms with van der Waals surface area (Å²) in [5.74, 6) is 0.600. The number of anilines is 1. The molecule has 8 nitrogen and oxygen atoms in total. The SMILES string of the molecule is Cc1ncc(-c2ccc(S(=O)(=O)C(C)C)cc2)nc1-c1nnc(-c2ccc(N)cc2)o1.[HH]. The summed E-state index contributed by atoms with van der Waals surface area (Å²) in [6, 6.07) is 13.7. The number of aromatic nitrogens is 4. The van der Waals surface area contributed by atoms with Gasteiger partial charge in [-0.15, -0.1) is 10.2 Å². The molecule has 4 aromatic rings. The number of nitrogens with zero attached hydrogens (tertiary/aromatic N) is 4. The van der Waals surface area contributed by atoms with Gasteiger partial charge in [-0.1, -0.05) is 12.1 Å². The van der Waals surface area contributed by atoms with Gasteiger partial charge in [-0.2, -0.15) is 0 Å². The van der Waals surface area contributed by atoms with Gasteiger partial charge in [-0.25, -0.2) is 13.4 Å². The first kappa shape index (κ1) is 20.7. The molecule has 0 aliphatic heterocycles. The average molecular weight is 438 g/mol. The smallest absolute Gasteiger partial charge is 0.268 e. The lowest BCUT2D eigenvalue weighted by molar-refractivity contribution is 0.581. The molecule has 0 unspecified atom stereocenters. The van der Waals surface area contributed by atoms with Crippen LogP contribution in [0, 0.1) is 6.92 Å². The molecule has 0 saturated heterocycles. The van der Waals surface area contributed by atoms with E-state index in [-0.39, 0.29) is 12.2 Å². The fraction of sp³-hybridized carbons (Fsp3) is 0.182. The monoisotopic (exact) mass is 437 g/mol. The van der Waals surface area contributed by atoms with E-state index in [2.05, 4.69) is 20.2 Å². The lowest BCUT2D eigenvalue weighted by Gasteiger charge is -2.09. The van der Waals surface area contributed by atoms with Crippen LogP contribution in [0.3, 0.4) is 0 Å². The van der Waals surface area contributed by atoms with E-state index >= 15 is 0 Å². The molecule has 160 valence electrons. The van der Waals surface area contributed by atoms with Crippen molar-refractivity contribution in [2.45, 2.75) is 30.9 Å². The Kier molecular flexibility index (Phi) is 5.28. The molecule has 0 aliphatic carbocycles. The molecule has 0 aliphatic rings. The van der Waals surface area contributed by atoms with Crippen LogP contribution in [0.5, 0.6) is 0 Å². The van der Waals surface area contributed by atoms with E-state index in [1.807, 2.05) is 0 Å². The number of benzene rings is 2. The molecule has 0 amide bonds. The van der Waals surface area contributed by atoms with E-state index in [1.54, 1.807) is 75.5 Å². The average Bonchev–Trinajstić information content (AvgIpc) is 3.24. The number of nitrogen functional groups attached to an aromatic ring is 1. The Morgan fingerprint density at radius 2 is 1.55 bits per heavy atom. The Labute approximate surface area is 181 Å². The van der Waals surface area contributed by atoms with Crippen molar-refractivity contribution >= 4 is 15.5 Å². The quantitative estimate of drug-likeness (QED) is 0.461. The predicted octanol–water partition coefficient (Wildman–Crippen LogP) is 4.18. The van der Waals surface area contributed by atoms with Crippen LogP contribution in [0.2, 0.25) is 0 Å². The molecule has 0 spiro atoms. The maximum Gasteiger partial charge on any atom is 0.268 e. The molecule has 0 saturated carbocycles. The standard InChI is InChI=1S/C22H21N5O3S.H2/c1-13(2)31(28,29)18-10-6-15(7-11-18)19-12-24-14(3)20(25-19)22-27-26-21(30-22)16-4-8-17(23)9-5-16;/h4-13H,23H2,1-3H3;1H. The highest BCUT2D eigenvalue weighted by molar-refractivity contribution is 7.92. The number of nitrogens with two attached hydrogens (primary N) is 1. The highest BCUT2D eigenvalue weighted by Crippen LogP contribution is 2.27. The summed E-state index contributed by atoms with van der Waals surface area (Å²) in [6.07, 6.45) is 1.63. The lowest BCUT2D eigenvalue weighted by atomic mass is 10.1. The Morgan fingerprint density at radius 3 is 2.19 bits per heavy atom. The molecule has 0 fully saturated rings. The maximum absolute atomic E-state index is 12.3. The molecule has 2 aromatic carbocycles. The number of hydrogen-bond acceptors (Lipinski definition) is 8. The molecule has 4 rings (SSSR count). The fourth-order valence-electron chi connectivity index (χ4n) is 2.94. The number of aryl methyl sites for hydroxylation is 1. The zero-order valence-electron chi connectivity index (χ0n) is 17.3. The highest BCUT2D eigenvalue weighted by atomic mass is 32.2. The molecular formula is C22H23N5O3S. The largest absolute Gasteiger partial charge is 0.415 e. The van der Waals surface area contributed by atoms with Crippen molar-refractivity contribution in [3.05, 3.63) is 60.4 Å². The molecular weight excluding hydrogens is 414 g/mol. The minimum atomic E-state index is -3.34. The van der Waals surface area contributed by atoms with E-state index in [0.717, 1.165) is 11.1 Å². The van der Waals surface area contributed by atoms with E-state index < -0.39 is 15.1 Å². The second-order valence-electron chi connectivity index (χ2n) is 7.34. The first-order valence-electron chi connectivity index (χ1n) is 9.63. The zero-order valence-corrected chi connectivity index (χ0v) is 18.1. The number of rotatable bonds is 5. The van der Waals surface area contributed by atoms with Gasteiger partial charge < -0.3 is 10.2 Å². The minimum absolute atomic E-state index is 0. The van der Waals surface area contributed by atoms with Gasteiger partial charge in [0.05, 0.1) is 27.7 Å². The molecule has 0 bridgehead atoms. The van der Waals surface area contributed by atoms with Crippen LogP contribution in [0.25, 0.3) is 34.3 Å². The number of hydrogen-bond donors (Lipinski definition) is 1. The summed E-state index contributed by atoms with van der Waals surface area (Å²) in [7, 11) is -3.34. The van der Waals surface area contributed by atoms with Gasteiger partial charge in [0.15, 0.2) is 9.84 Å². The van der Waals surface area contributed by atoms with E-state index in [4.69, 9.17) is 10.2 Å². The Morgan fingerprint density at radius 1 is 0.935 bits per heavy atom. The molecule has 2 N–H and O–H groups in total. The minimum Gasteiger partial charge on any atom is -0.415 e. The molecule has 0 radical (unpaired) electrons. The summed E-state index contributed by atoms with van der Waals surface area (Å²) < 4.78 is 30.5. The van der Waals surface area contributed by atoms with Gasteiger partial charge in [0.2, 0.25) is 5.89 Å². The van der Waals surface area contributed by atoms with Crippen LogP contribution in [0.1, 0.15) is 21.0 Å². The van der Waals surface area contributed by atoms with Crippen molar-refractivity contribution in [1.82, 2.24) is 20.2 Å². The van der Waals surface area contributed by atoms with Crippen LogP contribution in [0.4, 0.5) is 5.69 Å². The first-order valence-corrected chi connectivity index (χ1v) is 11.2. The summed E-state index contributed by atoms with van der Waals surface area (Å²) in [4.78, 5) is 9.31. The van der Waals surface area contributed by atoms with Crippen LogP contribution < -0.4 is 5.73 Å². The van der Waals surface area contributed by atoms with Crippen molar-refractivity contribution in [2.24, 2.45) is 0 Å². The third-order valence-corrected chi connectivity index (χ3v) is 7.01. The summed E-state index contributed by atoms with van der Waals surface area (Å²) in [5, 5.41) is 7.73. The van der Waals surface area contributed by atoms with Crippen LogP contribution in [-0.4, -0.2) is 33.8 Å². The van der Waals surface area contributed by atoms with E-state index in [9.17, 15) is 8.42 Å². The zero-order chi connectivity index (χ0) is 22.2. The topological polar surface area (TPSA) is 125 Å². The molecule has 31 heavy (non-hydrogen) atoms. The van der Waals surface area contributed by atoms with Gasteiger partial charge >= 0.3 is 0 Å². The van der Waals surface area contributed by atoms with Crippen molar-refractivity contribution in [3.63, 3.8) is 0 Å². The normalized spacial score (nSPS) is 11.7. The van der Waals surface area contributed by atoms with Crippen LogP contribution in [-0.2, 0) is 9.84 Å². The summed E-state index contributed by atoms with van der Waals surface area (Å²) in [6.45, 7) is 5.12. The van der Waals surface area contributed by atoms with Gasteiger partial charge in [0.25, 0.3) is 5.89 Å². The third-order valence-electron chi connectivity index (χ3n) is 4.84. The van der Waals surface area contributed by atoms with Gasteiger partial charge in [-0.3, -0.25) is 4.98 Å². The van der Waals surface area contributed by atoms with Crippen LogP contribution in [0.15, 0.2) is 64.0 Å². The highest BCUT2D eigenvalue weighted by Gasteiger charge is 2.20. The summed E-state index contributed by atoms with van der Waals surface area (Å²) in [5.41, 5.74) is 9.51. The van der Waals surface area contributed by atoms with Crippen molar-refractivity contribution in [1.29, 1.82) is 0 Å². The Bertz CT molecular complexity index is 1340. The molecule has 0 atom stereocenters. The first-order chi connectivity index (χ1) is 14.8. The third kappa shape index (κ3) is 4.04. The second-order valence-corrected chi connectivity index (χ2v) is 9.85. The van der Waals surface area contributed by atoms with Crippen molar-refractivity contribution in [3.8, 4) is 34.3 Å².